The topological polar surface area (TPSA) is 60.0 Å². The van der Waals surface area contributed by atoms with Gasteiger partial charge in [-0.2, -0.15) is 0 Å². The zero-order valence-electron chi connectivity index (χ0n) is 15.7. The average molecular weight is 338 g/mol. The van der Waals surface area contributed by atoms with E-state index >= 15 is 0 Å². The van der Waals surface area contributed by atoms with Crippen molar-refractivity contribution >= 4 is 11.9 Å². The quantitative estimate of drug-likeness (QED) is 0.540. The van der Waals surface area contributed by atoms with E-state index in [0.717, 1.165) is 71.0 Å². The van der Waals surface area contributed by atoms with E-state index in [0.29, 0.717) is 17.7 Å². The van der Waals surface area contributed by atoms with Crippen molar-refractivity contribution in [2.24, 2.45) is 16.8 Å². The SMILES string of the molecule is CN=C(NCCC(C)C)NCCN1CCN(C(=O)C2CCC2)CC1. The summed E-state index contributed by atoms with van der Waals surface area (Å²) in [4.78, 5) is 21.0. The maximum Gasteiger partial charge on any atom is 0.225 e. The molecule has 1 aliphatic heterocycles. The van der Waals surface area contributed by atoms with Gasteiger partial charge >= 0.3 is 0 Å². The van der Waals surface area contributed by atoms with E-state index in [-0.39, 0.29) is 0 Å². The van der Waals surface area contributed by atoms with Crippen LogP contribution in [0.15, 0.2) is 4.99 Å². The number of amides is 1. The summed E-state index contributed by atoms with van der Waals surface area (Å²) in [6.45, 7) is 11.0. The van der Waals surface area contributed by atoms with Crippen molar-refractivity contribution in [3.63, 3.8) is 0 Å². The average Bonchev–Trinajstić information content (AvgIpc) is 2.52. The molecule has 0 aromatic heterocycles. The predicted octanol–water partition coefficient (Wildman–Crippen LogP) is 1.14. The molecule has 0 unspecified atom stereocenters. The van der Waals surface area contributed by atoms with E-state index in [1.165, 1.54) is 6.42 Å². The lowest BCUT2D eigenvalue weighted by Crippen LogP contribution is -2.52. The Kier molecular flexibility index (Phi) is 7.82. The number of guanidine groups is 1. The lowest BCUT2D eigenvalue weighted by molar-refractivity contribution is -0.139. The number of rotatable bonds is 7. The van der Waals surface area contributed by atoms with Crippen LogP contribution in [0.3, 0.4) is 0 Å². The van der Waals surface area contributed by atoms with Crippen molar-refractivity contribution < 1.29 is 4.79 Å². The molecule has 0 spiro atoms. The second-order valence-corrected chi connectivity index (χ2v) is 7.40. The smallest absolute Gasteiger partial charge is 0.225 e. The third kappa shape index (κ3) is 5.96. The van der Waals surface area contributed by atoms with Gasteiger partial charge in [0, 0.05) is 58.8 Å². The zero-order chi connectivity index (χ0) is 17.4. The Bertz CT molecular complexity index is 412. The van der Waals surface area contributed by atoms with Crippen LogP contribution in [0.2, 0.25) is 0 Å². The summed E-state index contributed by atoms with van der Waals surface area (Å²) in [5, 5.41) is 6.73. The third-order valence-electron chi connectivity index (χ3n) is 5.10. The molecule has 0 atom stereocenters. The Labute approximate surface area is 147 Å². The first-order valence-corrected chi connectivity index (χ1v) is 9.55. The standard InChI is InChI=1S/C18H35N5O/c1-15(2)7-8-20-18(19-3)21-9-10-22-11-13-23(14-12-22)17(24)16-5-4-6-16/h15-16H,4-14H2,1-3H3,(H2,19,20,21). The zero-order valence-corrected chi connectivity index (χ0v) is 15.7. The fourth-order valence-corrected chi connectivity index (χ4v) is 3.14. The van der Waals surface area contributed by atoms with Crippen LogP contribution in [0.4, 0.5) is 0 Å². The summed E-state index contributed by atoms with van der Waals surface area (Å²) in [6.07, 6.45) is 4.59. The van der Waals surface area contributed by atoms with Crippen LogP contribution < -0.4 is 10.6 Å². The van der Waals surface area contributed by atoms with E-state index in [1.54, 1.807) is 0 Å². The fourth-order valence-electron chi connectivity index (χ4n) is 3.14. The molecule has 0 bridgehead atoms. The van der Waals surface area contributed by atoms with Gasteiger partial charge in [0.25, 0.3) is 0 Å². The number of carbonyl (C=O) groups is 1. The van der Waals surface area contributed by atoms with Gasteiger partial charge in [-0.15, -0.1) is 0 Å². The van der Waals surface area contributed by atoms with Crippen LogP contribution in [-0.2, 0) is 4.79 Å². The summed E-state index contributed by atoms with van der Waals surface area (Å²) < 4.78 is 0. The van der Waals surface area contributed by atoms with Crippen molar-refractivity contribution in [2.75, 3.05) is 52.9 Å². The van der Waals surface area contributed by atoms with Crippen molar-refractivity contribution in [3.8, 4) is 0 Å². The molecule has 0 radical (unpaired) electrons. The summed E-state index contributed by atoms with van der Waals surface area (Å²) in [7, 11) is 1.82. The molecule has 138 valence electrons. The minimum absolute atomic E-state index is 0.332. The monoisotopic (exact) mass is 337 g/mol. The van der Waals surface area contributed by atoms with Crippen LogP contribution >= 0.6 is 0 Å². The second-order valence-electron chi connectivity index (χ2n) is 7.40. The largest absolute Gasteiger partial charge is 0.356 e. The molecule has 2 rings (SSSR count). The third-order valence-corrected chi connectivity index (χ3v) is 5.10. The Morgan fingerprint density at radius 2 is 1.79 bits per heavy atom. The first-order chi connectivity index (χ1) is 11.6. The molecule has 1 amide bonds. The maximum atomic E-state index is 12.2. The molecular formula is C18H35N5O. The molecule has 2 N–H and O–H groups in total. The molecule has 1 heterocycles. The molecule has 1 aliphatic carbocycles. The minimum Gasteiger partial charge on any atom is -0.356 e. The number of nitrogens with one attached hydrogen (secondary N) is 2. The van der Waals surface area contributed by atoms with Crippen LogP contribution in [0.1, 0.15) is 39.5 Å². The van der Waals surface area contributed by atoms with Crippen LogP contribution in [0.25, 0.3) is 0 Å². The Hall–Kier alpha value is -1.30. The molecule has 6 heteroatoms. The lowest BCUT2D eigenvalue weighted by Gasteiger charge is -2.38. The van der Waals surface area contributed by atoms with E-state index in [9.17, 15) is 4.79 Å². The molecule has 1 saturated heterocycles. The van der Waals surface area contributed by atoms with Gasteiger partial charge in [-0.3, -0.25) is 14.7 Å². The van der Waals surface area contributed by atoms with E-state index < -0.39 is 0 Å². The number of carbonyl (C=O) groups excluding carboxylic acids is 1. The molecule has 0 aromatic carbocycles. The van der Waals surface area contributed by atoms with Gasteiger partial charge in [-0.1, -0.05) is 20.3 Å². The first kappa shape index (κ1) is 19.0. The summed E-state index contributed by atoms with van der Waals surface area (Å²) in [5.74, 6) is 2.32. The lowest BCUT2D eigenvalue weighted by atomic mass is 9.84. The molecule has 2 fully saturated rings. The van der Waals surface area contributed by atoms with E-state index in [2.05, 4.69) is 39.3 Å². The van der Waals surface area contributed by atoms with E-state index in [1.807, 2.05) is 7.05 Å². The summed E-state index contributed by atoms with van der Waals surface area (Å²) in [6, 6.07) is 0. The molecule has 6 nitrogen and oxygen atoms in total. The van der Waals surface area contributed by atoms with Gasteiger partial charge in [0.15, 0.2) is 5.96 Å². The Morgan fingerprint density at radius 3 is 2.33 bits per heavy atom. The van der Waals surface area contributed by atoms with Crippen molar-refractivity contribution in [1.29, 1.82) is 0 Å². The van der Waals surface area contributed by atoms with Gasteiger partial charge in [0.2, 0.25) is 5.91 Å². The van der Waals surface area contributed by atoms with Crippen LogP contribution in [-0.4, -0.2) is 74.5 Å². The van der Waals surface area contributed by atoms with Crippen molar-refractivity contribution in [3.05, 3.63) is 0 Å². The number of aliphatic imine (C=N–C) groups is 1. The summed E-state index contributed by atoms with van der Waals surface area (Å²) in [5.41, 5.74) is 0. The molecule has 1 saturated carbocycles. The van der Waals surface area contributed by atoms with Gasteiger partial charge in [0.05, 0.1) is 0 Å². The highest BCUT2D eigenvalue weighted by atomic mass is 16.2. The highest BCUT2D eigenvalue weighted by Gasteiger charge is 2.30. The summed E-state index contributed by atoms with van der Waals surface area (Å²) >= 11 is 0. The van der Waals surface area contributed by atoms with Gasteiger partial charge in [-0.25, -0.2) is 0 Å². The molecule has 2 aliphatic rings. The predicted molar refractivity (Wildman–Crippen MR) is 99.2 cm³/mol. The number of piperazine rings is 1. The highest BCUT2D eigenvalue weighted by molar-refractivity contribution is 5.80. The minimum atomic E-state index is 0.332. The van der Waals surface area contributed by atoms with Gasteiger partial charge in [0.1, 0.15) is 0 Å². The maximum absolute atomic E-state index is 12.2. The van der Waals surface area contributed by atoms with Crippen molar-refractivity contribution in [2.45, 2.75) is 39.5 Å². The fraction of sp³-hybridized carbons (Fsp3) is 0.889. The molecule has 0 aromatic rings. The first-order valence-electron chi connectivity index (χ1n) is 9.55. The highest BCUT2D eigenvalue weighted by Crippen LogP contribution is 2.28. The number of hydrogen-bond acceptors (Lipinski definition) is 3. The van der Waals surface area contributed by atoms with Gasteiger partial charge in [-0.05, 0) is 25.2 Å². The van der Waals surface area contributed by atoms with Crippen LogP contribution in [0, 0.1) is 11.8 Å². The molecular weight excluding hydrogens is 302 g/mol. The number of nitrogens with zero attached hydrogens (tertiary/aromatic N) is 3. The van der Waals surface area contributed by atoms with Crippen molar-refractivity contribution in [1.82, 2.24) is 20.4 Å². The Morgan fingerprint density at radius 1 is 1.12 bits per heavy atom. The van der Waals surface area contributed by atoms with Crippen LogP contribution in [0.5, 0.6) is 0 Å². The normalized spacial score (nSPS) is 20.2. The van der Waals surface area contributed by atoms with E-state index in [4.69, 9.17) is 0 Å². The Balaban J connectivity index is 1.57. The molecule has 24 heavy (non-hydrogen) atoms. The second kappa shape index (κ2) is 9.87. The van der Waals surface area contributed by atoms with Gasteiger partial charge < -0.3 is 15.5 Å². The number of hydrogen-bond donors (Lipinski definition) is 2.